The summed E-state index contributed by atoms with van der Waals surface area (Å²) in [6.07, 6.45) is 2.26. The van der Waals surface area contributed by atoms with Gasteiger partial charge in [-0.05, 0) is 6.42 Å². The molecule has 4 N–H and O–H groups in total. The van der Waals surface area contributed by atoms with Gasteiger partial charge in [0.2, 0.25) is 0 Å². The fraction of sp³-hybridized carbons (Fsp3) is 0.444. The van der Waals surface area contributed by atoms with Crippen molar-refractivity contribution in [1.82, 2.24) is 9.78 Å². The Morgan fingerprint density at radius 2 is 2.19 bits per heavy atom. The van der Waals surface area contributed by atoms with Crippen LogP contribution in [0.5, 0.6) is 0 Å². The molecule has 7 heteroatoms. The molecule has 1 atom stereocenters. The summed E-state index contributed by atoms with van der Waals surface area (Å²) < 4.78 is 1.09. The fourth-order valence-corrected chi connectivity index (χ4v) is 1.37. The predicted molar refractivity (Wildman–Crippen MR) is 55.2 cm³/mol. The molecule has 0 saturated heterocycles. The second-order valence-corrected chi connectivity index (χ2v) is 3.36. The number of nitrogens with zero attached hydrogens (tertiary/aromatic N) is 2. The van der Waals surface area contributed by atoms with E-state index in [1.54, 1.807) is 0 Å². The van der Waals surface area contributed by atoms with E-state index in [-0.39, 0.29) is 11.4 Å². The van der Waals surface area contributed by atoms with Crippen LogP contribution in [0, 0.1) is 0 Å². The smallest absolute Gasteiger partial charge is 0.358 e. The number of carboxylic acid groups (broad SMARTS) is 2. The zero-order valence-corrected chi connectivity index (χ0v) is 8.75. The third kappa shape index (κ3) is 2.30. The molecule has 0 aliphatic rings. The standard InChI is InChI=1S/C9H13N3O4/c1-2-3-6(8(13)14)12-4-5(10)7(11-12)9(15)16/h4,6H,2-3,10H2,1H3,(H,13,14)(H,15,16). The summed E-state index contributed by atoms with van der Waals surface area (Å²) in [6, 6.07) is -0.875. The molecular weight excluding hydrogens is 214 g/mol. The third-order valence-electron chi connectivity index (χ3n) is 2.13. The van der Waals surface area contributed by atoms with Crippen LogP contribution in [0.15, 0.2) is 6.20 Å². The minimum Gasteiger partial charge on any atom is -0.480 e. The lowest BCUT2D eigenvalue weighted by molar-refractivity contribution is -0.141. The molecule has 1 rings (SSSR count). The number of hydrogen-bond donors (Lipinski definition) is 3. The number of nitrogen functional groups attached to an aromatic ring is 1. The first-order chi connectivity index (χ1) is 7.47. The number of carboxylic acids is 2. The molecular formula is C9H13N3O4. The zero-order chi connectivity index (χ0) is 12.3. The fourth-order valence-electron chi connectivity index (χ4n) is 1.37. The highest BCUT2D eigenvalue weighted by Crippen LogP contribution is 2.17. The second kappa shape index (κ2) is 4.65. The monoisotopic (exact) mass is 227 g/mol. The maximum atomic E-state index is 10.9. The largest absolute Gasteiger partial charge is 0.480 e. The summed E-state index contributed by atoms with van der Waals surface area (Å²) in [6.45, 7) is 1.83. The molecule has 7 nitrogen and oxygen atoms in total. The Morgan fingerprint density at radius 1 is 1.56 bits per heavy atom. The summed E-state index contributed by atoms with van der Waals surface area (Å²) in [4.78, 5) is 21.6. The van der Waals surface area contributed by atoms with E-state index in [0.29, 0.717) is 12.8 Å². The molecule has 1 heterocycles. The van der Waals surface area contributed by atoms with Gasteiger partial charge in [0.15, 0.2) is 5.69 Å². The van der Waals surface area contributed by atoms with Crippen molar-refractivity contribution in [2.45, 2.75) is 25.8 Å². The SMILES string of the molecule is CCCC(C(=O)O)n1cc(N)c(C(=O)O)n1. The van der Waals surface area contributed by atoms with Crippen molar-refractivity contribution in [3.05, 3.63) is 11.9 Å². The van der Waals surface area contributed by atoms with Crippen LogP contribution in [0.25, 0.3) is 0 Å². The van der Waals surface area contributed by atoms with Crippen LogP contribution < -0.4 is 5.73 Å². The molecule has 0 aliphatic carbocycles. The average Bonchev–Trinajstić information content (AvgIpc) is 2.56. The first-order valence-corrected chi connectivity index (χ1v) is 4.78. The van der Waals surface area contributed by atoms with E-state index in [1.807, 2.05) is 6.92 Å². The molecule has 0 bridgehead atoms. The van der Waals surface area contributed by atoms with E-state index >= 15 is 0 Å². The van der Waals surface area contributed by atoms with E-state index in [0.717, 1.165) is 4.68 Å². The molecule has 0 aliphatic heterocycles. The molecule has 0 amide bonds. The maximum absolute atomic E-state index is 10.9. The first-order valence-electron chi connectivity index (χ1n) is 4.78. The van der Waals surface area contributed by atoms with Crippen molar-refractivity contribution in [1.29, 1.82) is 0 Å². The second-order valence-electron chi connectivity index (χ2n) is 3.36. The summed E-state index contributed by atoms with van der Waals surface area (Å²) in [5, 5.41) is 21.3. The Labute approximate surface area is 91.5 Å². The molecule has 0 saturated carbocycles. The van der Waals surface area contributed by atoms with E-state index in [9.17, 15) is 9.59 Å². The maximum Gasteiger partial charge on any atom is 0.358 e. The van der Waals surface area contributed by atoms with Gasteiger partial charge in [-0.1, -0.05) is 13.3 Å². The van der Waals surface area contributed by atoms with Gasteiger partial charge >= 0.3 is 11.9 Å². The lowest BCUT2D eigenvalue weighted by Gasteiger charge is -2.10. The molecule has 0 radical (unpaired) electrons. The number of aliphatic carboxylic acids is 1. The topological polar surface area (TPSA) is 118 Å². The van der Waals surface area contributed by atoms with Gasteiger partial charge in [0.25, 0.3) is 0 Å². The Kier molecular flexibility index (Phi) is 3.49. The minimum absolute atomic E-state index is 0.0325. The van der Waals surface area contributed by atoms with Gasteiger partial charge in [-0.3, -0.25) is 4.68 Å². The molecule has 16 heavy (non-hydrogen) atoms. The highest BCUT2D eigenvalue weighted by Gasteiger charge is 2.22. The highest BCUT2D eigenvalue weighted by atomic mass is 16.4. The predicted octanol–water partition coefficient (Wildman–Crippen LogP) is 0.589. The van der Waals surface area contributed by atoms with Crippen LogP contribution >= 0.6 is 0 Å². The van der Waals surface area contributed by atoms with Gasteiger partial charge in [0.05, 0.1) is 5.69 Å². The number of hydrogen-bond acceptors (Lipinski definition) is 4. The van der Waals surface area contributed by atoms with Gasteiger partial charge in [-0.2, -0.15) is 5.10 Å². The van der Waals surface area contributed by atoms with E-state index in [4.69, 9.17) is 15.9 Å². The number of rotatable bonds is 5. The number of nitrogens with two attached hydrogens (primary N) is 1. The Bertz CT molecular complexity index is 413. The van der Waals surface area contributed by atoms with Gasteiger partial charge in [0.1, 0.15) is 6.04 Å². The van der Waals surface area contributed by atoms with Gasteiger partial charge < -0.3 is 15.9 Å². The zero-order valence-electron chi connectivity index (χ0n) is 8.75. The molecule has 0 aromatic carbocycles. The third-order valence-corrected chi connectivity index (χ3v) is 2.13. The molecule has 1 aromatic heterocycles. The quantitative estimate of drug-likeness (QED) is 0.677. The van der Waals surface area contributed by atoms with E-state index in [1.165, 1.54) is 6.20 Å². The van der Waals surface area contributed by atoms with Crippen molar-refractivity contribution in [3.63, 3.8) is 0 Å². The summed E-state index contributed by atoms with van der Waals surface area (Å²) >= 11 is 0. The molecule has 0 spiro atoms. The normalized spacial score (nSPS) is 12.3. The van der Waals surface area contributed by atoms with E-state index < -0.39 is 18.0 Å². The van der Waals surface area contributed by atoms with Crippen LogP contribution in [-0.2, 0) is 4.79 Å². The minimum atomic E-state index is -1.27. The van der Waals surface area contributed by atoms with Crippen LogP contribution in [0.4, 0.5) is 5.69 Å². The van der Waals surface area contributed by atoms with Gasteiger partial charge in [-0.25, -0.2) is 9.59 Å². The van der Waals surface area contributed by atoms with Gasteiger partial charge in [0, 0.05) is 6.20 Å². The lowest BCUT2D eigenvalue weighted by Crippen LogP contribution is -2.19. The Hall–Kier alpha value is -2.05. The van der Waals surface area contributed by atoms with Crippen molar-refractivity contribution < 1.29 is 19.8 Å². The number of anilines is 1. The van der Waals surface area contributed by atoms with Crippen molar-refractivity contribution in [2.75, 3.05) is 5.73 Å². The summed E-state index contributed by atoms with van der Waals surface area (Å²) in [5.74, 6) is -2.32. The summed E-state index contributed by atoms with van der Waals surface area (Å²) in [5.41, 5.74) is 5.07. The number of aromatic nitrogens is 2. The Morgan fingerprint density at radius 3 is 2.56 bits per heavy atom. The summed E-state index contributed by atoms with van der Waals surface area (Å²) in [7, 11) is 0. The molecule has 1 aromatic rings. The molecule has 88 valence electrons. The van der Waals surface area contributed by atoms with Crippen LogP contribution in [0.1, 0.15) is 36.3 Å². The van der Waals surface area contributed by atoms with Crippen molar-refractivity contribution in [3.8, 4) is 0 Å². The first kappa shape index (κ1) is 12.0. The van der Waals surface area contributed by atoms with Crippen LogP contribution in [0.3, 0.4) is 0 Å². The van der Waals surface area contributed by atoms with Crippen molar-refractivity contribution >= 4 is 17.6 Å². The highest BCUT2D eigenvalue weighted by molar-refractivity contribution is 5.91. The molecule has 1 unspecified atom stereocenters. The van der Waals surface area contributed by atoms with Gasteiger partial charge in [-0.15, -0.1) is 0 Å². The lowest BCUT2D eigenvalue weighted by atomic mass is 10.2. The van der Waals surface area contributed by atoms with Crippen LogP contribution in [0.2, 0.25) is 0 Å². The average molecular weight is 227 g/mol. The van der Waals surface area contributed by atoms with Crippen molar-refractivity contribution in [2.24, 2.45) is 0 Å². The van der Waals surface area contributed by atoms with E-state index in [2.05, 4.69) is 5.10 Å². The molecule has 0 fully saturated rings. The number of carbonyl (C=O) groups is 2. The van der Waals surface area contributed by atoms with Crippen LogP contribution in [-0.4, -0.2) is 31.9 Å². The number of aromatic carboxylic acids is 1. The Balaban J connectivity index is 3.06.